The van der Waals surface area contributed by atoms with Gasteiger partial charge in [-0.15, -0.1) is 0 Å². The SMILES string of the molecule is CC(C)(C)OC(=O)NCC(=O)NCC1CCN(C(=O)c2ccc3c(c2)C(=O)N(C(C)(C)C)C3=O)CC1. The number of hydrogen-bond donors (Lipinski definition) is 2. The van der Waals surface area contributed by atoms with Crippen LogP contribution >= 0.6 is 0 Å². The number of piperidine rings is 1. The predicted molar refractivity (Wildman–Crippen MR) is 133 cm³/mol. The Balaban J connectivity index is 1.48. The summed E-state index contributed by atoms with van der Waals surface area (Å²) in [6, 6.07) is 4.68. The summed E-state index contributed by atoms with van der Waals surface area (Å²) in [5, 5.41) is 5.24. The summed E-state index contributed by atoms with van der Waals surface area (Å²) in [7, 11) is 0. The Hall–Kier alpha value is -3.43. The van der Waals surface area contributed by atoms with Crippen LogP contribution in [0.25, 0.3) is 0 Å². The maximum absolute atomic E-state index is 13.1. The van der Waals surface area contributed by atoms with E-state index in [2.05, 4.69) is 10.6 Å². The molecular formula is C26H36N4O6. The van der Waals surface area contributed by atoms with Gasteiger partial charge in [-0.1, -0.05) is 0 Å². The topological polar surface area (TPSA) is 125 Å². The van der Waals surface area contributed by atoms with Crippen molar-refractivity contribution in [3.8, 4) is 0 Å². The Labute approximate surface area is 211 Å². The van der Waals surface area contributed by atoms with Crippen LogP contribution in [0.4, 0.5) is 4.79 Å². The third kappa shape index (κ3) is 6.41. The van der Waals surface area contributed by atoms with Gasteiger partial charge in [-0.25, -0.2) is 4.79 Å². The quantitative estimate of drug-likeness (QED) is 0.599. The van der Waals surface area contributed by atoms with Crippen LogP contribution in [0.5, 0.6) is 0 Å². The van der Waals surface area contributed by atoms with E-state index < -0.39 is 17.2 Å². The lowest BCUT2D eigenvalue weighted by Gasteiger charge is -2.32. The fourth-order valence-corrected chi connectivity index (χ4v) is 4.29. The van der Waals surface area contributed by atoms with E-state index in [0.29, 0.717) is 43.6 Å². The molecule has 1 aromatic rings. The number of benzene rings is 1. The zero-order chi connectivity index (χ0) is 26.8. The summed E-state index contributed by atoms with van der Waals surface area (Å²) < 4.78 is 5.10. The number of alkyl carbamates (subject to hydrolysis) is 1. The second-order valence-corrected chi connectivity index (χ2v) is 11.3. The molecule has 2 aliphatic heterocycles. The van der Waals surface area contributed by atoms with Crippen LogP contribution < -0.4 is 10.6 Å². The van der Waals surface area contributed by atoms with Crippen LogP contribution in [-0.4, -0.2) is 76.8 Å². The lowest BCUT2D eigenvalue weighted by Crippen LogP contribution is -2.45. The van der Waals surface area contributed by atoms with Gasteiger partial charge < -0.3 is 20.3 Å². The maximum atomic E-state index is 13.1. The molecule has 0 aromatic heterocycles. The molecule has 0 aliphatic carbocycles. The second kappa shape index (κ2) is 10.3. The minimum Gasteiger partial charge on any atom is -0.444 e. The van der Waals surface area contributed by atoms with Gasteiger partial charge in [0, 0.05) is 30.7 Å². The molecule has 1 fully saturated rings. The summed E-state index contributed by atoms with van der Waals surface area (Å²) in [6.07, 6.45) is 0.783. The highest BCUT2D eigenvalue weighted by molar-refractivity contribution is 6.22. The number of hydrogen-bond acceptors (Lipinski definition) is 6. The van der Waals surface area contributed by atoms with Gasteiger partial charge in [0.1, 0.15) is 5.60 Å². The zero-order valence-electron chi connectivity index (χ0n) is 21.9. The lowest BCUT2D eigenvalue weighted by atomic mass is 9.96. The first kappa shape index (κ1) is 27.2. The van der Waals surface area contributed by atoms with Gasteiger partial charge in [0.05, 0.1) is 17.7 Å². The summed E-state index contributed by atoms with van der Waals surface area (Å²) in [4.78, 5) is 65.2. The van der Waals surface area contributed by atoms with Crippen LogP contribution in [0.15, 0.2) is 18.2 Å². The van der Waals surface area contributed by atoms with Gasteiger partial charge in [0.15, 0.2) is 0 Å². The number of nitrogens with one attached hydrogen (secondary N) is 2. The lowest BCUT2D eigenvalue weighted by molar-refractivity contribution is -0.120. The summed E-state index contributed by atoms with van der Waals surface area (Å²) >= 11 is 0. The minimum atomic E-state index is -0.652. The first-order valence-corrected chi connectivity index (χ1v) is 12.2. The smallest absolute Gasteiger partial charge is 0.408 e. The van der Waals surface area contributed by atoms with E-state index in [1.807, 2.05) is 0 Å². The number of amides is 5. The Morgan fingerprint density at radius 2 is 1.56 bits per heavy atom. The molecule has 2 N–H and O–H groups in total. The number of likely N-dealkylation sites (tertiary alicyclic amines) is 1. The standard InChI is InChI=1S/C26H36N4O6/c1-25(2,3)30-22(33)18-8-7-17(13-19(18)23(30)34)21(32)29-11-9-16(10-12-29)14-27-20(31)15-28-24(35)36-26(4,5)6/h7-8,13,16H,9-12,14-15H2,1-6H3,(H,27,31)(H,28,35). The molecule has 36 heavy (non-hydrogen) atoms. The Morgan fingerprint density at radius 3 is 2.14 bits per heavy atom. The van der Waals surface area contributed by atoms with Gasteiger partial charge in [0.2, 0.25) is 5.91 Å². The Kier molecular flexibility index (Phi) is 7.76. The van der Waals surface area contributed by atoms with Crippen molar-refractivity contribution < 1.29 is 28.7 Å². The highest BCUT2D eigenvalue weighted by Gasteiger charge is 2.42. The van der Waals surface area contributed by atoms with Crippen LogP contribution in [-0.2, 0) is 9.53 Å². The van der Waals surface area contributed by atoms with Crippen LogP contribution in [0.2, 0.25) is 0 Å². The van der Waals surface area contributed by atoms with Crippen LogP contribution in [0.1, 0.15) is 85.5 Å². The van der Waals surface area contributed by atoms with E-state index in [-0.39, 0.29) is 41.7 Å². The second-order valence-electron chi connectivity index (χ2n) is 11.3. The van der Waals surface area contributed by atoms with E-state index in [1.165, 1.54) is 11.0 Å². The molecule has 0 radical (unpaired) electrons. The van der Waals surface area contributed by atoms with Crippen LogP contribution in [0, 0.1) is 5.92 Å². The van der Waals surface area contributed by atoms with Gasteiger partial charge >= 0.3 is 6.09 Å². The average molecular weight is 501 g/mol. The Bertz CT molecular complexity index is 1060. The highest BCUT2D eigenvalue weighted by atomic mass is 16.6. The largest absolute Gasteiger partial charge is 0.444 e. The van der Waals surface area contributed by atoms with Gasteiger partial charge in [-0.2, -0.15) is 0 Å². The monoisotopic (exact) mass is 500 g/mol. The van der Waals surface area contributed by atoms with Crippen molar-refractivity contribution in [1.82, 2.24) is 20.4 Å². The number of imide groups is 1. The van der Waals surface area contributed by atoms with Crippen LogP contribution in [0.3, 0.4) is 0 Å². The molecule has 0 unspecified atom stereocenters. The number of nitrogens with zero attached hydrogens (tertiary/aromatic N) is 2. The number of carbonyl (C=O) groups is 5. The van der Waals surface area contributed by atoms with Crippen molar-refractivity contribution in [2.45, 2.75) is 65.5 Å². The molecule has 2 aliphatic rings. The normalized spacial score (nSPS) is 16.6. The molecule has 1 aromatic carbocycles. The molecular weight excluding hydrogens is 464 g/mol. The van der Waals surface area contributed by atoms with E-state index >= 15 is 0 Å². The third-order valence-corrected chi connectivity index (χ3v) is 6.09. The van der Waals surface area contributed by atoms with Crippen molar-refractivity contribution in [2.24, 2.45) is 5.92 Å². The molecule has 0 spiro atoms. The van der Waals surface area contributed by atoms with E-state index in [9.17, 15) is 24.0 Å². The highest BCUT2D eigenvalue weighted by Crippen LogP contribution is 2.30. The van der Waals surface area contributed by atoms with E-state index in [0.717, 1.165) is 0 Å². The zero-order valence-corrected chi connectivity index (χ0v) is 21.9. The number of fused-ring (bicyclic) bond motifs is 1. The number of rotatable bonds is 5. The summed E-state index contributed by atoms with van der Waals surface area (Å²) in [5.74, 6) is -1.00. The maximum Gasteiger partial charge on any atom is 0.408 e. The molecule has 3 rings (SSSR count). The molecule has 0 bridgehead atoms. The van der Waals surface area contributed by atoms with Gasteiger partial charge in [-0.05, 0) is 78.5 Å². The molecule has 5 amide bonds. The average Bonchev–Trinajstić information content (AvgIpc) is 3.04. The van der Waals surface area contributed by atoms with Crippen molar-refractivity contribution in [3.05, 3.63) is 34.9 Å². The van der Waals surface area contributed by atoms with Crippen molar-refractivity contribution in [3.63, 3.8) is 0 Å². The first-order valence-electron chi connectivity index (χ1n) is 12.2. The molecule has 0 saturated carbocycles. The molecule has 0 atom stereocenters. The number of carbonyl (C=O) groups excluding carboxylic acids is 5. The molecule has 10 nitrogen and oxygen atoms in total. The van der Waals surface area contributed by atoms with Crippen molar-refractivity contribution >= 4 is 29.7 Å². The molecule has 1 saturated heterocycles. The Morgan fingerprint density at radius 1 is 0.944 bits per heavy atom. The fourth-order valence-electron chi connectivity index (χ4n) is 4.29. The first-order chi connectivity index (χ1) is 16.7. The third-order valence-electron chi connectivity index (χ3n) is 6.09. The summed E-state index contributed by atoms with van der Waals surface area (Å²) in [6.45, 7) is 12.0. The van der Waals surface area contributed by atoms with E-state index in [4.69, 9.17) is 4.74 Å². The summed E-state index contributed by atoms with van der Waals surface area (Å²) in [5.41, 5.74) is -0.322. The number of ether oxygens (including phenoxy) is 1. The molecule has 2 heterocycles. The fraction of sp³-hybridized carbons (Fsp3) is 0.577. The molecule has 10 heteroatoms. The van der Waals surface area contributed by atoms with Gasteiger partial charge in [0.25, 0.3) is 17.7 Å². The van der Waals surface area contributed by atoms with E-state index in [1.54, 1.807) is 58.6 Å². The molecule has 196 valence electrons. The predicted octanol–water partition coefficient (Wildman–Crippen LogP) is 2.57. The van der Waals surface area contributed by atoms with Crippen molar-refractivity contribution in [2.75, 3.05) is 26.2 Å². The van der Waals surface area contributed by atoms with Gasteiger partial charge in [-0.3, -0.25) is 24.1 Å². The van der Waals surface area contributed by atoms with Crippen molar-refractivity contribution in [1.29, 1.82) is 0 Å². The minimum absolute atomic E-state index is 0.168.